The zero-order chi connectivity index (χ0) is 26.0. The number of carboxylic acid groups (broad SMARTS) is 1. The second-order valence-electron chi connectivity index (χ2n) is 9.21. The van der Waals surface area contributed by atoms with Crippen LogP contribution in [0.15, 0.2) is 59.5 Å². The number of methoxy groups -OCH3 is 1. The molecule has 0 radical (unpaired) electrons. The quantitative estimate of drug-likeness (QED) is 0.438. The molecule has 36 heavy (non-hydrogen) atoms. The number of benzene rings is 2. The van der Waals surface area contributed by atoms with Gasteiger partial charge in [0.2, 0.25) is 5.91 Å². The molecule has 1 aromatic heterocycles. The van der Waals surface area contributed by atoms with E-state index in [1.54, 1.807) is 18.2 Å². The van der Waals surface area contributed by atoms with Crippen LogP contribution in [0.25, 0.3) is 11.1 Å². The first-order valence-electron chi connectivity index (χ1n) is 11.3. The van der Waals surface area contributed by atoms with Crippen molar-refractivity contribution in [2.45, 2.75) is 32.2 Å². The van der Waals surface area contributed by atoms with Gasteiger partial charge in [0.05, 0.1) is 30.5 Å². The number of carboxylic acids is 1. The molecule has 184 valence electrons. The van der Waals surface area contributed by atoms with Gasteiger partial charge in [-0.05, 0) is 67.1 Å². The van der Waals surface area contributed by atoms with Gasteiger partial charge < -0.3 is 15.2 Å². The number of nitrogens with zero attached hydrogens (tertiary/aromatic N) is 2. The Morgan fingerprint density at radius 2 is 1.89 bits per heavy atom. The Bertz CT molecular complexity index is 1440. The van der Waals surface area contributed by atoms with E-state index < -0.39 is 23.5 Å². The van der Waals surface area contributed by atoms with E-state index in [1.165, 1.54) is 48.2 Å². The first-order valence-corrected chi connectivity index (χ1v) is 11.7. The molecule has 1 amide bonds. The topological polar surface area (TPSA) is 121 Å². The van der Waals surface area contributed by atoms with E-state index in [1.807, 2.05) is 0 Å². The molecule has 4 rings (SSSR count). The van der Waals surface area contributed by atoms with Crippen molar-refractivity contribution in [2.75, 3.05) is 12.4 Å². The second-order valence-corrected chi connectivity index (χ2v) is 9.64. The molecule has 3 aromatic rings. The highest BCUT2D eigenvalue weighted by atomic mass is 35.5. The van der Waals surface area contributed by atoms with Crippen LogP contribution in [0, 0.1) is 16.7 Å². The number of nitriles is 1. The molecule has 1 atom stereocenters. The van der Waals surface area contributed by atoms with Crippen molar-refractivity contribution in [1.82, 2.24) is 4.57 Å². The summed E-state index contributed by atoms with van der Waals surface area (Å²) in [4.78, 5) is 37.9. The third-order valence-corrected chi connectivity index (χ3v) is 6.72. The Labute approximate surface area is 212 Å². The van der Waals surface area contributed by atoms with Gasteiger partial charge in [-0.25, -0.2) is 4.79 Å². The van der Waals surface area contributed by atoms with Crippen molar-refractivity contribution in [3.05, 3.63) is 81.2 Å². The van der Waals surface area contributed by atoms with E-state index in [0.717, 1.165) is 12.8 Å². The van der Waals surface area contributed by atoms with E-state index in [0.29, 0.717) is 39.6 Å². The predicted molar refractivity (Wildman–Crippen MR) is 135 cm³/mol. The van der Waals surface area contributed by atoms with Gasteiger partial charge in [0.1, 0.15) is 11.8 Å². The van der Waals surface area contributed by atoms with Gasteiger partial charge in [0.25, 0.3) is 5.56 Å². The molecule has 2 N–H and O–H groups in total. The molecule has 0 saturated heterocycles. The van der Waals surface area contributed by atoms with E-state index in [9.17, 15) is 19.6 Å². The van der Waals surface area contributed by atoms with Gasteiger partial charge in [0.15, 0.2) is 0 Å². The van der Waals surface area contributed by atoms with Crippen LogP contribution < -0.4 is 15.6 Å². The Morgan fingerprint density at radius 3 is 2.47 bits per heavy atom. The Balaban J connectivity index is 1.74. The van der Waals surface area contributed by atoms with E-state index >= 15 is 0 Å². The lowest BCUT2D eigenvalue weighted by atomic mass is 9.97. The van der Waals surface area contributed by atoms with Crippen molar-refractivity contribution >= 4 is 29.2 Å². The van der Waals surface area contributed by atoms with Crippen LogP contribution in [0.3, 0.4) is 0 Å². The lowest BCUT2D eigenvalue weighted by Gasteiger charge is -2.24. The summed E-state index contributed by atoms with van der Waals surface area (Å²) in [6.45, 7) is 2.07. The zero-order valence-corrected chi connectivity index (χ0v) is 20.5. The summed E-state index contributed by atoms with van der Waals surface area (Å²) in [6, 6.07) is 13.2. The molecule has 1 aliphatic rings. The van der Waals surface area contributed by atoms with Gasteiger partial charge in [0, 0.05) is 27.9 Å². The van der Waals surface area contributed by atoms with Gasteiger partial charge in [-0.2, -0.15) is 5.26 Å². The van der Waals surface area contributed by atoms with Crippen molar-refractivity contribution in [3.63, 3.8) is 0 Å². The van der Waals surface area contributed by atoms with Crippen LogP contribution in [0.1, 0.15) is 48.1 Å². The number of carbonyl (C=O) groups is 2. The standard InChI is InChI=1S/C27H24ClN3O5/c1-27(9-10-27)13-22(25(33)30-19-7-4-16(5-8-19)26(34)35)31-15-23(36-2)21(12-24(31)32)20-11-18(28)6-3-17(20)14-29/h3-8,11-12,15,22H,9-10,13H2,1-2H3,(H,30,33)(H,34,35). The Morgan fingerprint density at radius 1 is 1.19 bits per heavy atom. The summed E-state index contributed by atoms with van der Waals surface area (Å²) >= 11 is 6.15. The molecule has 1 aliphatic carbocycles. The number of rotatable bonds is 8. The Hall–Kier alpha value is -4.09. The second kappa shape index (κ2) is 9.88. The highest BCUT2D eigenvalue weighted by molar-refractivity contribution is 6.31. The average Bonchev–Trinajstić information content (AvgIpc) is 3.59. The molecule has 1 heterocycles. The number of anilines is 1. The monoisotopic (exact) mass is 505 g/mol. The Kier molecular flexibility index (Phi) is 6.86. The van der Waals surface area contributed by atoms with Gasteiger partial charge in [-0.1, -0.05) is 18.5 Å². The summed E-state index contributed by atoms with van der Waals surface area (Å²) in [5, 5.41) is 21.8. The molecule has 0 bridgehead atoms. The molecule has 2 aromatic carbocycles. The summed E-state index contributed by atoms with van der Waals surface area (Å²) in [7, 11) is 1.45. The van der Waals surface area contributed by atoms with E-state index in [2.05, 4.69) is 18.3 Å². The molecule has 0 spiro atoms. The van der Waals surface area contributed by atoms with Crippen LogP contribution in [-0.4, -0.2) is 28.7 Å². The molecule has 1 unspecified atom stereocenters. The van der Waals surface area contributed by atoms with Gasteiger partial charge in [-0.15, -0.1) is 0 Å². The normalized spacial score (nSPS) is 14.4. The van der Waals surface area contributed by atoms with Crippen LogP contribution >= 0.6 is 11.6 Å². The zero-order valence-electron chi connectivity index (χ0n) is 19.7. The lowest BCUT2D eigenvalue weighted by Crippen LogP contribution is -2.34. The third kappa shape index (κ3) is 5.26. The number of nitrogens with one attached hydrogen (secondary N) is 1. The van der Waals surface area contributed by atoms with Crippen LogP contribution in [0.4, 0.5) is 5.69 Å². The number of carbonyl (C=O) groups excluding carboxylic acids is 1. The number of aromatic carboxylic acids is 1. The summed E-state index contributed by atoms with van der Waals surface area (Å²) in [5.74, 6) is -1.15. The summed E-state index contributed by atoms with van der Waals surface area (Å²) in [6.07, 6.45) is 3.82. The average molecular weight is 506 g/mol. The molecule has 0 aliphatic heterocycles. The van der Waals surface area contributed by atoms with Gasteiger partial charge in [-0.3, -0.25) is 14.2 Å². The first-order chi connectivity index (χ1) is 17.1. The maximum Gasteiger partial charge on any atom is 0.335 e. The molecule has 1 saturated carbocycles. The number of halogens is 1. The fourth-order valence-electron chi connectivity index (χ4n) is 4.11. The number of hydrogen-bond donors (Lipinski definition) is 2. The fraction of sp³-hybridized carbons (Fsp3) is 0.259. The predicted octanol–water partition coefficient (Wildman–Crippen LogP) is 5.12. The largest absolute Gasteiger partial charge is 0.495 e. The third-order valence-electron chi connectivity index (χ3n) is 6.48. The minimum absolute atomic E-state index is 0.0680. The molecule has 8 nitrogen and oxygen atoms in total. The molecule has 9 heteroatoms. The lowest BCUT2D eigenvalue weighted by molar-refractivity contribution is -0.119. The fourth-order valence-corrected chi connectivity index (χ4v) is 4.28. The van der Waals surface area contributed by atoms with E-state index in [-0.39, 0.29) is 11.0 Å². The maximum absolute atomic E-state index is 13.4. The van der Waals surface area contributed by atoms with Crippen LogP contribution in [0.5, 0.6) is 5.75 Å². The van der Waals surface area contributed by atoms with Crippen LogP contribution in [-0.2, 0) is 4.79 Å². The highest BCUT2D eigenvalue weighted by Gasteiger charge is 2.42. The molecular formula is C27H24ClN3O5. The number of hydrogen-bond acceptors (Lipinski definition) is 5. The first kappa shape index (κ1) is 25.0. The SMILES string of the molecule is COc1cn(C(CC2(C)CC2)C(=O)Nc2ccc(C(=O)O)cc2)c(=O)cc1-c1cc(Cl)ccc1C#N. The van der Waals surface area contributed by atoms with Crippen molar-refractivity contribution in [1.29, 1.82) is 5.26 Å². The number of amides is 1. The number of aromatic nitrogens is 1. The minimum atomic E-state index is -1.06. The number of pyridine rings is 1. The summed E-state index contributed by atoms with van der Waals surface area (Å²) < 4.78 is 6.92. The molecule has 1 fully saturated rings. The highest BCUT2D eigenvalue weighted by Crippen LogP contribution is 2.51. The minimum Gasteiger partial charge on any atom is -0.495 e. The van der Waals surface area contributed by atoms with Crippen LogP contribution in [0.2, 0.25) is 5.02 Å². The van der Waals surface area contributed by atoms with Crippen molar-refractivity contribution in [2.24, 2.45) is 5.41 Å². The smallest absolute Gasteiger partial charge is 0.335 e. The maximum atomic E-state index is 13.4. The van der Waals surface area contributed by atoms with E-state index in [4.69, 9.17) is 21.4 Å². The summed E-state index contributed by atoms with van der Waals surface area (Å²) in [5.41, 5.74) is 1.22. The van der Waals surface area contributed by atoms with Crippen molar-refractivity contribution in [3.8, 4) is 22.9 Å². The number of ether oxygens (including phenoxy) is 1. The van der Waals surface area contributed by atoms with Gasteiger partial charge >= 0.3 is 5.97 Å². The molecular weight excluding hydrogens is 482 g/mol. The van der Waals surface area contributed by atoms with Crippen molar-refractivity contribution < 1.29 is 19.4 Å².